The van der Waals surface area contributed by atoms with Crippen molar-refractivity contribution in [3.05, 3.63) is 29.8 Å². The van der Waals surface area contributed by atoms with Crippen molar-refractivity contribution >= 4 is 11.4 Å². The third-order valence-electron chi connectivity index (χ3n) is 2.51. The van der Waals surface area contributed by atoms with Crippen LogP contribution in [0.15, 0.2) is 24.3 Å². The molecule has 1 N–H and O–H groups in total. The summed E-state index contributed by atoms with van der Waals surface area (Å²) in [5, 5.41) is 3.39. The van der Waals surface area contributed by atoms with Gasteiger partial charge in [0.15, 0.2) is 0 Å². The molecule has 0 aromatic heterocycles. The summed E-state index contributed by atoms with van der Waals surface area (Å²) in [7, 11) is 0. The number of nitrogens with zero attached hydrogens (tertiary/aromatic N) is 1. The van der Waals surface area contributed by atoms with Crippen molar-refractivity contribution in [2.45, 2.75) is 0 Å². The van der Waals surface area contributed by atoms with Gasteiger partial charge in [0.1, 0.15) is 6.54 Å². The fraction of sp³-hybridized carbons (Fsp3) is 0.300. The minimum absolute atomic E-state index is 1.01. The number of para-hydroxylation sites is 1. The van der Waals surface area contributed by atoms with Crippen LogP contribution in [0.4, 0.5) is 5.69 Å². The maximum absolute atomic E-state index is 3.39. The molecule has 0 spiro atoms. The third-order valence-corrected chi connectivity index (χ3v) is 2.51. The molecule has 2 heterocycles. The van der Waals surface area contributed by atoms with Crippen LogP contribution in [0.1, 0.15) is 5.56 Å². The first-order chi connectivity index (χ1) is 5.95. The lowest BCUT2D eigenvalue weighted by Gasteiger charge is -1.92. The standard InChI is InChI=1S/C10H10N2/c1-2-4-9-8(3-1)10(7-11-9)12-5-6-12/h1-4H,5-7H2/p+1. The second-order valence-electron chi connectivity index (χ2n) is 3.33. The molecule has 2 nitrogen and oxygen atoms in total. The van der Waals surface area contributed by atoms with Gasteiger partial charge < -0.3 is 5.32 Å². The lowest BCUT2D eigenvalue weighted by atomic mass is 10.1. The number of rotatable bonds is 0. The molecule has 2 aliphatic rings. The highest BCUT2D eigenvalue weighted by atomic mass is 15.2. The van der Waals surface area contributed by atoms with Gasteiger partial charge in [-0.05, 0) is 12.1 Å². The van der Waals surface area contributed by atoms with E-state index in [9.17, 15) is 0 Å². The van der Waals surface area contributed by atoms with Gasteiger partial charge in [0.2, 0.25) is 18.8 Å². The first kappa shape index (κ1) is 6.23. The number of hydrogen-bond acceptors (Lipinski definition) is 1. The first-order valence-corrected chi connectivity index (χ1v) is 4.39. The molecule has 60 valence electrons. The molecule has 0 amide bonds. The van der Waals surface area contributed by atoms with Gasteiger partial charge in [-0.3, -0.25) is 0 Å². The Morgan fingerprint density at radius 1 is 1.17 bits per heavy atom. The molecule has 1 aromatic rings. The van der Waals surface area contributed by atoms with E-state index < -0.39 is 0 Å². The van der Waals surface area contributed by atoms with Crippen LogP contribution in [0.25, 0.3) is 0 Å². The van der Waals surface area contributed by atoms with E-state index in [0.29, 0.717) is 0 Å². The molecular formula is C10H11N2+. The highest BCUT2D eigenvalue weighted by Gasteiger charge is 2.32. The van der Waals surface area contributed by atoms with Crippen molar-refractivity contribution in [2.24, 2.45) is 0 Å². The molecule has 0 unspecified atom stereocenters. The monoisotopic (exact) mass is 159 g/mol. The van der Waals surface area contributed by atoms with Gasteiger partial charge in [0.05, 0.1) is 5.56 Å². The average molecular weight is 159 g/mol. The van der Waals surface area contributed by atoms with Crippen molar-refractivity contribution in [3.63, 3.8) is 0 Å². The van der Waals surface area contributed by atoms with Gasteiger partial charge >= 0.3 is 0 Å². The summed E-state index contributed by atoms with van der Waals surface area (Å²) in [6, 6.07) is 8.53. The minimum atomic E-state index is 1.01. The predicted molar refractivity (Wildman–Crippen MR) is 49.0 cm³/mol. The Hall–Kier alpha value is -1.31. The van der Waals surface area contributed by atoms with Crippen LogP contribution in [0.2, 0.25) is 0 Å². The van der Waals surface area contributed by atoms with Crippen molar-refractivity contribution in [2.75, 3.05) is 25.0 Å². The maximum Gasteiger partial charge on any atom is 0.205 e. The maximum atomic E-state index is 3.39. The fourth-order valence-corrected chi connectivity index (χ4v) is 1.77. The molecular weight excluding hydrogens is 148 g/mol. The van der Waals surface area contributed by atoms with Crippen LogP contribution in [-0.4, -0.2) is 29.9 Å². The van der Waals surface area contributed by atoms with Gasteiger partial charge in [-0.2, -0.15) is 0 Å². The van der Waals surface area contributed by atoms with Crippen molar-refractivity contribution in [3.8, 4) is 0 Å². The molecule has 2 heteroatoms. The number of nitrogens with one attached hydrogen (secondary N) is 1. The Kier molecular flexibility index (Phi) is 1.09. The van der Waals surface area contributed by atoms with E-state index in [1.165, 1.54) is 30.1 Å². The van der Waals surface area contributed by atoms with Crippen molar-refractivity contribution in [1.29, 1.82) is 0 Å². The summed E-state index contributed by atoms with van der Waals surface area (Å²) in [5.74, 6) is 0. The van der Waals surface area contributed by atoms with E-state index in [2.05, 4.69) is 34.2 Å². The SMILES string of the molecule is c1ccc2c(c1)NCC2=[N+]1CC1. The van der Waals surface area contributed by atoms with E-state index in [-0.39, 0.29) is 0 Å². The zero-order valence-corrected chi connectivity index (χ0v) is 6.88. The Morgan fingerprint density at radius 3 is 2.83 bits per heavy atom. The van der Waals surface area contributed by atoms with Gasteiger partial charge in [-0.15, -0.1) is 0 Å². The van der Waals surface area contributed by atoms with Gasteiger partial charge in [-0.25, -0.2) is 4.58 Å². The van der Waals surface area contributed by atoms with Gasteiger partial charge in [-0.1, -0.05) is 12.1 Å². The highest BCUT2D eigenvalue weighted by Crippen LogP contribution is 2.22. The van der Waals surface area contributed by atoms with E-state index in [1.54, 1.807) is 0 Å². The third kappa shape index (κ3) is 0.779. The Morgan fingerprint density at radius 2 is 2.00 bits per heavy atom. The second-order valence-corrected chi connectivity index (χ2v) is 3.33. The van der Waals surface area contributed by atoms with Crippen LogP contribution in [0.5, 0.6) is 0 Å². The summed E-state index contributed by atoms with van der Waals surface area (Å²) < 4.78 is 2.42. The molecule has 3 rings (SSSR count). The molecule has 0 aliphatic carbocycles. The number of anilines is 1. The van der Waals surface area contributed by atoms with Crippen LogP contribution in [-0.2, 0) is 0 Å². The molecule has 1 aromatic carbocycles. The highest BCUT2D eigenvalue weighted by molar-refractivity contribution is 6.08. The van der Waals surface area contributed by atoms with Gasteiger partial charge in [0, 0.05) is 5.69 Å². The molecule has 0 atom stereocenters. The Balaban J connectivity index is 2.20. The van der Waals surface area contributed by atoms with Crippen LogP contribution >= 0.6 is 0 Å². The normalized spacial score (nSPS) is 19.0. The first-order valence-electron chi connectivity index (χ1n) is 4.39. The smallest absolute Gasteiger partial charge is 0.205 e. The molecule has 12 heavy (non-hydrogen) atoms. The van der Waals surface area contributed by atoms with Crippen LogP contribution < -0.4 is 5.32 Å². The summed E-state index contributed by atoms with van der Waals surface area (Å²) in [6.45, 7) is 3.50. The molecule has 0 radical (unpaired) electrons. The minimum Gasteiger partial charge on any atom is -0.375 e. The molecule has 1 fully saturated rings. The second kappa shape index (κ2) is 2.09. The predicted octanol–water partition coefficient (Wildman–Crippen LogP) is 0.927. The number of hydrogen-bond donors (Lipinski definition) is 1. The van der Waals surface area contributed by atoms with Crippen molar-refractivity contribution < 1.29 is 4.58 Å². The fourth-order valence-electron chi connectivity index (χ4n) is 1.77. The van der Waals surface area contributed by atoms with Crippen molar-refractivity contribution in [1.82, 2.24) is 0 Å². The summed E-state index contributed by atoms with van der Waals surface area (Å²) in [6.07, 6.45) is 0. The number of benzene rings is 1. The van der Waals surface area contributed by atoms with E-state index in [4.69, 9.17) is 0 Å². The number of fused-ring (bicyclic) bond motifs is 1. The zero-order chi connectivity index (χ0) is 7.97. The van der Waals surface area contributed by atoms with Crippen LogP contribution in [0, 0.1) is 0 Å². The lowest BCUT2D eigenvalue weighted by molar-refractivity contribution is -0.335. The summed E-state index contributed by atoms with van der Waals surface area (Å²) in [4.78, 5) is 0. The van der Waals surface area contributed by atoms with E-state index >= 15 is 0 Å². The van der Waals surface area contributed by atoms with E-state index in [0.717, 1.165) is 6.54 Å². The quantitative estimate of drug-likeness (QED) is 0.439. The molecule has 0 bridgehead atoms. The summed E-state index contributed by atoms with van der Waals surface area (Å²) >= 11 is 0. The Bertz CT molecular complexity index is 360. The molecule has 0 saturated carbocycles. The molecule has 2 aliphatic heterocycles. The van der Waals surface area contributed by atoms with Crippen LogP contribution in [0.3, 0.4) is 0 Å². The Labute approximate surface area is 71.5 Å². The van der Waals surface area contributed by atoms with Gasteiger partial charge in [0.25, 0.3) is 0 Å². The lowest BCUT2D eigenvalue weighted by Crippen LogP contribution is -2.09. The topological polar surface area (TPSA) is 15.0 Å². The molecule has 1 saturated heterocycles. The zero-order valence-electron chi connectivity index (χ0n) is 6.88. The van der Waals surface area contributed by atoms with E-state index in [1.807, 2.05) is 0 Å². The average Bonchev–Trinajstić information content (AvgIpc) is 2.86. The summed E-state index contributed by atoms with van der Waals surface area (Å²) in [5.41, 5.74) is 4.17. The largest absolute Gasteiger partial charge is 0.375 e.